The summed E-state index contributed by atoms with van der Waals surface area (Å²) in [5.74, 6) is 0.463. The molecule has 1 heterocycles. The number of hydrogen-bond donors (Lipinski definition) is 3. The van der Waals surface area contributed by atoms with Crippen molar-refractivity contribution in [3.8, 4) is 0 Å². The molecular formula is C15H19ClN6O3. The summed E-state index contributed by atoms with van der Waals surface area (Å²) in [6, 6.07) is 4.37. The summed E-state index contributed by atoms with van der Waals surface area (Å²) in [5, 5.41) is 12.3. The van der Waals surface area contributed by atoms with Crippen LogP contribution in [-0.2, 0) is 23.0 Å². The largest absolute Gasteiger partial charge is 0.375 e. The Morgan fingerprint density at radius 1 is 1.32 bits per heavy atom. The van der Waals surface area contributed by atoms with Crippen LogP contribution in [0.5, 0.6) is 0 Å². The smallest absolute Gasteiger partial charge is 0.319 e. The molecule has 0 saturated heterocycles. The normalized spacial score (nSPS) is 10.4. The van der Waals surface area contributed by atoms with E-state index in [0.29, 0.717) is 29.4 Å². The first-order chi connectivity index (χ1) is 12.0. The topological polar surface area (TPSA) is 110 Å². The number of anilines is 2. The molecule has 0 bridgehead atoms. The molecule has 0 aliphatic carbocycles. The third-order valence-corrected chi connectivity index (χ3v) is 3.54. The van der Waals surface area contributed by atoms with Crippen molar-refractivity contribution in [2.75, 3.05) is 30.9 Å². The van der Waals surface area contributed by atoms with Crippen LogP contribution < -0.4 is 16.0 Å². The molecular weight excluding hydrogens is 348 g/mol. The van der Waals surface area contributed by atoms with Crippen LogP contribution in [-0.4, -0.2) is 47.0 Å². The molecule has 1 aromatic carbocycles. The number of methoxy groups -OCH3 is 1. The van der Waals surface area contributed by atoms with E-state index in [1.807, 2.05) is 0 Å². The summed E-state index contributed by atoms with van der Waals surface area (Å²) in [7, 11) is 3.21. The Balaban J connectivity index is 1.88. The number of aromatic nitrogens is 3. The zero-order valence-electron chi connectivity index (χ0n) is 13.9. The number of benzene rings is 1. The minimum atomic E-state index is -0.413. The molecule has 0 spiro atoms. The first kappa shape index (κ1) is 18.7. The van der Waals surface area contributed by atoms with Gasteiger partial charge in [-0.3, -0.25) is 9.48 Å². The van der Waals surface area contributed by atoms with Gasteiger partial charge in [-0.05, 0) is 18.2 Å². The number of nitrogens with one attached hydrogen (secondary N) is 3. The Labute approximate surface area is 149 Å². The number of ether oxygens (including phenoxy) is 1. The van der Waals surface area contributed by atoms with E-state index in [-0.39, 0.29) is 12.5 Å². The highest BCUT2D eigenvalue weighted by atomic mass is 35.5. The average molecular weight is 367 g/mol. The summed E-state index contributed by atoms with van der Waals surface area (Å²) < 4.78 is 6.39. The van der Waals surface area contributed by atoms with E-state index in [1.54, 1.807) is 29.9 Å². The molecule has 25 heavy (non-hydrogen) atoms. The van der Waals surface area contributed by atoms with Crippen molar-refractivity contribution in [2.45, 2.75) is 6.42 Å². The Hall–Kier alpha value is -2.65. The highest BCUT2D eigenvalue weighted by molar-refractivity contribution is 6.33. The summed E-state index contributed by atoms with van der Waals surface area (Å²) in [5.41, 5.74) is 0.883. The number of halogens is 1. The lowest BCUT2D eigenvalue weighted by atomic mass is 10.2. The van der Waals surface area contributed by atoms with E-state index >= 15 is 0 Å². The zero-order valence-corrected chi connectivity index (χ0v) is 14.6. The number of carbonyl (C=O) groups excluding carboxylic acids is 2. The van der Waals surface area contributed by atoms with Gasteiger partial charge in [0.2, 0.25) is 5.91 Å². The maximum absolute atomic E-state index is 12.0. The molecule has 9 nitrogen and oxygen atoms in total. The summed E-state index contributed by atoms with van der Waals surface area (Å²) in [6.45, 7) is 0.328. The molecule has 0 unspecified atom stereocenters. The number of amides is 3. The van der Waals surface area contributed by atoms with E-state index in [9.17, 15) is 9.59 Å². The van der Waals surface area contributed by atoms with Gasteiger partial charge in [0.05, 0.1) is 10.7 Å². The number of carbonyl (C=O) groups is 2. The lowest BCUT2D eigenvalue weighted by molar-refractivity contribution is -0.119. The minimum Gasteiger partial charge on any atom is -0.375 e. The SMILES string of the molecule is COCC(=O)Nc1ccc(Cl)c(NC(=O)NCCc2ncnn2C)c1. The van der Waals surface area contributed by atoms with Gasteiger partial charge >= 0.3 is 6.03 Å². The quantitative estimate of drug-likeness (QED) is 0.686. The molecule has 134 valence electrons. The van der Waals surface area contributed by atoms with E-state index in [1.165, 1.54) is 13.4 Å². The number of urea groups is 1. The zero-order chi connectivity index (χ0) is 18.2. The van der Waals surface area contributed by atoms with Crippen molar-refractivity contribution in [3.63, 3.8) is 0 Å². The highest BCUT2D eigenvalue weighted by Crippen LogP contribution is 2.25. The fraction of sp³-hybridized carbons (Fsp3) is 0.333. The predicted molar refractivity (Wildman–Crippen MR) is 93.7 cm³/mol. The minimum absolute atomic E-state index is 0.0616. The molecule has 10 heteroatoms. The van der Waals surface area contributed by atoms with Crippen LogP contribution in [0.1, 0.15) is 5.82 Å². The molecule has 0 atom stereocenters. The number of hydrogen-bond acceptors (Lipinski definition) is 5. The van der Waals surface area contributed by atoms with Gasteiger partial charge in [0.25, 0.3) is 0 Å². The maximum Gasteiger partial charge on any atom is 0.319 e. The monoisotopic (exact) mass is 366 g/mol. The van der Waals surface area contributed by atoms with E-state index in [0.717, 1.165) is 5.82 Å². The number of aryl methyl sites for hydroxylation is 1. The summed E-state index contributed by atoms with van der Waals surface area (Å²) in [6.07, 6.45) is 2.00. The molecule has 0 aliphatic rings. The maximum atomic E-state index is 12.0. The van der Waals surface area contributed by atoms with Gasteiger partial charge in [0.1, 0.15) is 18.8 Å². The first-order valence-corrected chi connectivity index (χ1v) is 7.83. The Kier molecular flexibility index (Phi) is 6.72. The standard InChI is InChI=1S/C15H19ClN6O3/c1-22-13(18-9-19-22)5-6-17-15(24)21-12-7-10(3-4-11(12)16)20-14(23)8-25-2/h3-4,7,9H,5-6,8H2,1-2H3,(H,20,23)(H2,17,21,24). The van der Waals surface area contributed by atoms with E-state index in [2.05, 4.69) is 26.0 Å². The van der Waals surface area contributed by atoms with Crippen molar-refractivity contribution in [2.24, 2.45) is 7.05 Å². The lowest BCUT2D eigenvalue weighted by Crippen LogP contribution is -2.31. The van der Waals surface area contributed by atoms with Gasteiger partial charge in [-0.2, -0.15) is 5.10 Å². The van der Waals surface area contributed by atoms with E-state index < -0.39 is 6.03 Å². The first-order valence-electron chi connectivity index (χ1n) is 7.45. The Morgan fingerprint density at radius 2 is 2.12 bits per heavy atom. The van der Waals surface area contributed by atoms with Crippen LogP contribution in [0.25, 0.3) is 0 Å². The van der Waals surface area contributed by atoms with Crippen LogP contribution >= 0.6 is 11.6 Å². The fourth-order valence-electron chi connectivity index (χ4n) is 2.03. The fourth-order valence-corrected chi connectivity index (χ4v) is 2.19. The average Bonchev–Trinajstić information content (AvgIpc) is 2.96. The molecule has 0 radical (unpaired) electrons. The van der Waals surface area contributed by atoms with Gasteiger partial charge in [0.15, 0.2) is 0 Å². The van der Waals surface area contributed by atoms with Crippen LogP contribution in [0, 0.1) is 0 Å². The van der Waals surface area contributed by atoms with E-state index in [4.69, 9.17) is 16.3 Å². The molecule has 3 amide bonds. The molecule has 0 aliphatic heterocycles. The van der Waals surface area contributed by atoms with Gasteiger partial charge in [0, 0.05) is 32.8 Å². The van der Waals surface area contributed by atoms with Crippen LogP contribution in [0.4, 0.5) is 16.2 Å². The van der Waals surface area contributed by atoms with Gasteiger partial charge in [-0.25, -0.2) is 9.78 Å². The number of nitrogens with zero attached hydrogens (tertiary/aromatic N) is 3. The molecule has 1 aromatic heterocycles. The van der Waals surface area contributed by atoms with Crippen LogP contribution in [0.2, 0.25) is 5.02 Å². The Bertz CT molecular complexity index is 749. The van der Waals surface area contributed by atoms with Crippen LogP contribution in [0.15, 0.2) is 24.5 Å². The van der Waals surface area contributed by atoms with Crippen molar-refractivity contribution in [1.82, 2.24) is 20.1 Å². The molecule has 0 saturated carbocycles. The highest BCUT2D eigenvalue weighted by Gasteiger charge is 2.09. The molecule has 2 rings (SSSR count). The van der Waals surface area contributed by atoms with Gasteiger partial charge in [-0.1, -0.05) is 11.6 Å². The van der Waals surface area contributed by atoms with Crippen molar-refractivity contribution < 1.29 is 14.3 Å². The summed E-state index contributed by atoms with van der Waals surface area (Å²) >= 11 is 6.07. The molecule has 0 fully saturated rings. The third-order valence-electron chi connectivity index (χ3n) is 3.21. The predicted octanol–water partition coefficient (Wildman–Crippen LogP) is 1.42. The van der Waals surface area contributed by atoms with Crippen molar-refractivity contribution >= 4 is 34.9 Å². The second-order valence-electron chi connectivity index (χ2n) is 5.11. The van der Waals surface area contributed by atoms with Crippen molar-refractivity contribution in [3.05, 3.63) is 35.4 Å². The summed E-state index contributed by atoms with van der Waals surface area (Å²) in [4.78, 5) is 27.6. The Morgan fingerprint density at radius 3 is 2.80 bits per heavy atom. The number of rotatable bonds is 7. The van der Waals surface area contributed by atoms with Gasteiger partial charge < -0.3 is 20.7 Å². The molecule has 2 aromatic rings. The molecule has 3 N–H and O–H groups in total. The second kappa shape index (κ2) is 9.00. The van der Waals surface area contributed by atoms with Crippen LogP contribution in [0.3, 0.4) is 0 Å². The third kappa shape index (κ3) is 5.73. The second-order valence-corrected chi connectivity index (χ2v) is 5.51. The van der Waals surface area contributed by atoms with Gasteiger partial charge in [-0.15, -0.1) is 0 Å². The van der Waals surface area contributed by atoms with Crippen molar-refractivity contribution in [1.29, 1.82) is 0 Å². The lowest BCUT2D eigenvalue weighted by Gasteiger charge is -2.11.